The first-order chi connectivity index (χ1) is 7.78. The van der Waals surface area contributed by atoms with Crippen molar-refractivity contribution in [3.05, 3.63) is 24.3 Å². The molecule has 0 aliphatic carbocycles. The number of imidazole rings is 1. The summed E-state index contributed by atoms with van der Waals surface area (Å²) in [5.41, 5.74) is 7.97. The third-order valence-electron chi connectivity index (χ3n) is 3.25. The highest BCUT2D eigenvalue weighted by atomic mass is 15.0. The maximum absolute atomic E-state index is 6.39. The van der Waals surface area contributed by atoms with Gasteiger partial charge in [0.15, 0.2) is 0 Å². The molecule has 0 saturated carbocycles. The van der Waals surface area contributed by atoms with Crippen LogP contribution in [0, 0.1) is 0 Å². The predicted molar refractivity (Wildman–Crippen MR) is 61.9 cm³/mol. The monoisotopic (exact) mass is 217 g/mol. The number of piperidine rings is 1. The van der Waals surface area contributed by atoms with Crippen LogP contribution in [0.5, 0.6) is 0 Å². The van der Waals surface area contributed by atoms with Crippen LogP contribution in [0.25, 0.3) is 11.0 Å². The number of H-pyrrole nitrogens is 1. The Kier molecular flexibility index (Phi) is 2.15. The minimum absolute atomic E-state index is 0.315. The van der Waals surface area contributed by atoms with E-state index in [2.05, 4.69) is 20.3 Å². The molecule has 5 heteroatoms. The number of nitrogens with one attached hydrogen (secondary N) is 2. The molecule has 84 valence electrons. The fourth-order valence-electron chi connectivity index (χ4n) is 2.20. The topological polar surface area (TPSA) is 79.6 Å². The Morgan fingerprint density at radius 1 is 1.31 bits per heavy atom. The minimum atomic E-state index is -0.315. The second-order valence-corrected chi connectivity index (χ2v) is 4.38. The van der Waals surface area contributed by atoms with E-state index in [9.17, 15) is 0 Å². The van der Waals surface area contributed by atoms with E-state index in [-0.39, 0.29) is 5.54 Å². The fraction of sp³-hybridized carbons (Fsp3) is 0.455. The zero-order chi connectivity index (χ0) is 11.0. The van der Waals surface area contributed by atoms with Crippen molar-refractivity contribution in [3.63, 3.8) is 0 Å². The van der Waals surface area contributed by atoms with E-state index >= 15 is 0 Å². The van der Waals surface area contributed by atoms with Gasteiger partial charge in [-0.25, -0.2) is 4.98 Å². The molecule has 0 radical (unpaired) electrons. The van der Waals surface area contributed by atoms with Crippen molar-refractivity contribution in [2.45, 2.75) is 18.4 Å². The third-order valence-corrected chi connectivity index (χ3v) is 3.25. The molecule has 0 spiro atoms. The number of nitrogens with zero attached hydrogens (tertiary/aromatic N) is 2. The average Bonchev–Trinajstić information content (AvgIpc) is 2.74. The number of pyridine rings is 1. The number of hydrogen-bond acceptors (Lipinski definition) is 4. The standard InChI is InChI=1S/C11H15N5/c12-11(2-5-13-6-3-11)10-15-8-1-4-14-7-9(8)16-10/h1,4,7,13H,2-3,5-6,12H2,(H,15,16). The lowest BCUT2D eigenvalue weighted by Gasteiger charge is -2.31. The first kappa shape index (κ1) is 9.74. The summed E-state index contributed by atoms with van der Waals surface area (Å²) in [6, 6.07) is 1.93. The van der Waals surface area contributed by atoms with E-state index in [1.807, 2.05) is 6.07 Å². The molecule has 2 aromatic heterocycles. The Bertz CT molecular complexity index is 465. The SMILES string of the molecule is NC1(c2nc3cnccc3[nH]2)CCNCC1. The molecule has 0 unspecified atom stereocenters. The highest BCUT2D eigenvalue weighted by Gasteiger charge is 2.32. The molecule has 3 rings (SSSR count). The van der Waals surface area contributed by atoms with E-state index in [1.54, 1.807) is 12.4 Å². The molecule has 3 heterocycles. The first-order valence-corrected chi connectivity index (χ1v) is 5.58. The van der Waals surface area contributed by atoms with Gasteiger partial charge in [-0.1, -0.05) is 0 Å². The summed E-state index contributed by atoms with van der Waals surface area (Å²) in [7, 11) is 0. The van der Waals surface area contributed by atoms with Gasteiger partial charge in [0.2, 0.25) is 0 Å². The van der Waals surface area contributed by atoms with Crippen molar-refractivity contribution in [3.8, 4) is 0 Å². The van der Waals surface area contributed by atoms with Crippen LogP contribution in [-0.2, 0) is 5.54 Å². The summed E-state index contributed by atoms with van der Waals surface area (Å²) in [5.74, 6) is 0.886. The van der Waals surface area contributed by atoms with Crippen LogP contribution < -0.4 is 11.1 Å². The molecular weight excluding hydrogens is 202 g/mol. The normalized spacial score (nSPS) is 20.1. The van der Waals surface area contributed by atoms with Gasteiger partial charge in [0.25, 0.3) is 0 Å². The second kappa shape index (κ2) is 3.54. The molecule has 0 atom stereocenters. The van der Waals surface area contributed by atoms with Gasteiger partial charge in [0, 0.05) is 6.20 Å². The van der Waals surface area contributed by atoms with Gasteiger partial charge in [-0.15, -0.1) is 0 Å². The molecular formula is C11H15N5. The van der Waals surface area contributed by atoms with Crippen molar-refractivity contribution in [1.29, 1.82) is 0 Å². The van der Waals surface area contributed by atoms with Crippen LogP contribution in [0.1, 0.15) is 18.7 Å². The van der Waals surface area contributed by atoms with Crippen molar-refractivity contribution in [1.82, 2.24) is 20.3 Å². The highest BCUT2D eigenvalue weighted by Crippen LogP contribution is 2.26. The highest BCUT2D eigenvalue weighted by molar-refractivity contribution is 5.73. The lowest BCUT2D eigenvalue weighted by atomic mass is 9.89. The number of aromatic nitrogens is 3. The second-order valence-electron chi connectivity index (χ2n) is 4.38. The van der Waals surface area contributed by atoms with Crippen LogP contribution in [0.3, 0.4) is 0 Å². The lowest BCUT2D eigenvalue weighted by molar-refractivity contribution is 0.304. The van der Waals surface area contributed by atoms with Crippen LogP contribution in [0.4, 0.5) is 0 Å². The molecule has 0 amide bonds. The molecule has 4 N–H and O–H groups in total. The largest absolute Gasteiger partial charge is 0.340 e. The van der Waals surface area contributed by atoms with Gasteiger partial charge in [0.1, 0.15) is 11.3 Å². The van der Waals surface area contributed by atoms with Crippen LogP contribution in [-0.4, -0.2) is 28.0 Å². The molecule has 1 aliphatic rings. The maximum atomic E-state index is 6.39. The summed E-state index contributed by atoms with van der Waals surface area (Å²) in [6.45, 7) is 1.90. The smallest absolute Gasteiger partial charge is 0.127 e. The van der Waals surface area contributed by atoms with Gasteiger partial charge >= 0.3 is 0 Å². The first-order valence-electron chi connectivity index (χ1n) is 5.58. The van der Waals surface area contributed by atoms with E-state index in [0.29, 0.717) is 0 Å². The third kappa shape index (κ3) is 1.48. The predicted octanol–water partition coefficient (Wildman–Crippen LogP) is 0.495. The summed E-state index contributed by atoms with van der Waals surface area (Å²) >= 11 is 0. The summed E-state index contributed by atoms with van der Waals surface area (Å²) in [6.07, 6.45) is 5.36. The zero-order valence-electron chi connectivity index (χ0n) is 9.03. The Morgan fingerprint density at radius 2 is 2.12 bits per heavy atom. The molecule has 1 aliphatic heterocycles. The van der Waals surface area contributed by atoms with Crippen LogP contribution in [0.2, 0.25) is 0 Å². The quantitative estimate of drug-likeness (QED) is 0.649. The van der Waals surface area contributed by atoms with Gasteiger partial charge in [-0.2, -0.15) is 0 Å². The average molecular weight is 217 g/mol. The van der Waals surface area contributed by atoms with Crippen LogP contribution >= 0.6 is 0 Å². The molecule has 16 heavy (non-hydrogen) atoms. The molecule has 1 fully saturated rings. The van der Waals surface area contributed by atoms with Crippen molar-refractivity contribution in [2.75, 3.05) is 13.1 Å². The number of aromatic amines is 1. The molecule has 0 aromatic carbocycles. The molecule has 1 saturated heterocycles. The Hall–Kier alpha value is -1.46. The van der Waals surface area contributed by atoms with Gasteiger partial charge in [-0.3, -0.25) is 4.98 Å². The van der Waals surface area contributed by atoms with Gasteiger partial charge in [0.05, 0.1) is 17.3 Å². The fourth-order valence-corrected chi connectivity index (χ4v) is 2.20. The van der Waals surface area contributed by atoms with Crippen molar-refractivity contribution in [2.24, 2.45) is 5.73 Å². The van der Waals surface area contributed by atoms with E-state index in [4.69, 9.17) is 5.73 Å². The molecule has 5 nitrogen and oxygen atoms in total. The summed E-state index contributed by atoms with van der Waals surface area (Å²) in [5, 5.41) is 3.31. The Balaban J connectivity index is 2.04. The van der Waals surface area contributed by atoms with Crippen molar-refractivity contribution >= 4 is 11.0 Å². The van der Waals surface area contributed by atoms with Gasteiger partial charge in [-0.05, 0) is 32.0 Å². The Labute approximate surface area is 93.5 Å². The summed E-state index contributed by atoms with van der Waals surface area (Å²) < 4.78 is 0. The van der Waals surface area contributed by atoms with E-state index < -0.39 is 0 Å². The van der Waals surface area contributed by atoms with E-state index in [1.165, 1.54) is 0 Å². The number of fused-ring (bicyclic) bond motifs is 1. The summed E-state index contributed by atoms with van der Waals surface area (Å²) in [4.78, 5) is 11.9. The lowest BCUT2D eigenvalue weighted by Crippen LogP contribution is -2.47. The molecule has 0 bridgehead atoms. The number of rotatable bonds is 1. The zero-order valence-corrected chi connectivity index (χ0v) is 9.03. The number of hydrogen-bond donors (Lipinski definition) is 3. The molecule has 2 aromatic rings. The van der Waals surface area contributed by atoms with E-state index in [0.717, 1.165) is 42.8 Å². The van der Waals surface area contributed by atoms with Crippen molar-refractivity contribution < 1.29 is 0 Å². The van der Waals surface area contributed by atoms with Gasteiger partial charge < -0.3 is 16.0 Å². The van der Waals surface area contributed by atoms with Crippen LogP contribution in [0.15, 0.2) is 18.5 Å². The maximum Gasteiger partial charge on any atom is 0.127 e. The Morgan fingerprint density at radius 3 is 2.88 bits per heavy atom. The number of nitrogens with two attached hydrogens (primary N) is 1. The minimum Gasteiger partial charge on any atom is -0.340 e.